The Balaban J connectivity index is 1.81. The van der Waals surface area contributed by atoms with E-state index in [1.807, 2.05) is 31.2 Å². The van der Waals surface area contributed by atoms with E-state index in [0.717, 1.165) is 12.1 Å². The van der Waals surface area contributed by atoms with Crippen molar-refractivity contribution in [2.75, 3.05) is 24.9 Å². The first kappa shape index (κ1) is 20.1. The molecule has 29 heavy (non-hydrogen) atoms. The maximum Gasteiger partial charge on any atom is 0.274 e. The molecule has 150 valence electrons. The van der Waals surface area contributed by atoms with E-state index in [1.54, 1.807) is 38.5 Å². The number of ether oxygens (including phenoxy) is 2. The summed E-state index contributed by atoms with van der Waals surface area (Å²) in [7, 11) is 3.16. The first-order valence-electron chi connectivity index (χ1n) is 9.27. The Kier molecular flexibility index (Phi) is 6.29. The third kappa shape index (κ3) is 5.01. The molecule has 2 aromatic carbocycles. The summed E-state index contributed by atoms with van der Waals surface area (Å²) in [5, 5.41) is 5.97. The summed E-state index contributed by atoms with van der Waals surface area (Å²) in [5.74, 6) is 1.26. The molecule has 7 heteroatoms. The molecule has 0 unspecified atom stereocenters. The Morgan fingerprint density at radius 3 is 2.41 bits per heavy atom. The molecule has 2 N–H and O–H groups in total. The minimum absolute atomic E-state index is 0.270. The summed E-state index contributed by atoms with van der Waals surface area (Å²) in [5.41, 5.74) is 3.53. The topological polar surface area (TPSA) is 85.4 Å². The molecule has 0 aliphatic heterocycles. The van der Waals surface area contributed by atoms with Crippen molar-refractivity contribution >= 4 is 23.2 Å². The van der Waals surface area contributed by atoms with Crippen molar-refractivity contribution in [3.8, 4) is 11.5 Å². The fourth-order valence-corrected chi connectivity index (χ4v) is 2.78. The normalized spacial score (nSPS) is 10.3. The van der Waals surface area contributed by atoms with Gasteiger partial charge in [0.15, 0.2) is 0 Å². The van der Waals surface area contributed by atoms with E-state index in [1.165, 1.54) is 5.56 Å². The number of aryl methyl sites for hydroxylation is 2. The van der Waals surface area contributed by atoms with Gasteiger partial charge in [0.25, 0.3) is 5.91 Å². The molecule has 0 aliphatic carbocycles. The maximum atomic E-state index is 12.7. The van der Waals surface area contributed by atoms with Gasteiger partial charge in [-0.15, -0.1) is 0 Å². The lowest BCUT2D eigenvalue weighted by molar-refractivity contribution is 0.102. The molecule has 1 amide bonds. The molecule has 0 fully saturated rings. The quantitative estimate of drug-likeness (QED) is 0.621. The van der Waals surface area contributed by atoms with Crippen molar-refractivity contribution in [1.82, 2.24) is 9.97 Å². The molecular weight excluding hydrogens is 368 g/mol. The molecule has 0 saturated heterocycles. The highest BCUT2D eigenvalue weighted by Crippen LogP contribution is 2.30. The van der Waals surface area contributed by atoms with Gasteiger partial charge in [0.1, 0.15) is 17.2 Å². The minimum Gasteiger partial charge on any atom is -0.497 e. The summed E-state index contributed by atoms with van der Waals surface area (Å²) >= 11 is 0. The zero-order chi connectivity index (χ0) is 20.8. The fraction of sp³-hybridized carbons (Fsp3) is 0.227. The molecule has 0 bridgehead atoms. The summed E-state index contributed by atoms with van der Waals surface area (Å²) < 4.78 is 10.6. The van der Waals surface area contributed by atoms with E-state index in [-0.39, 0.29) is 11.6 Å². The zero-order valence-corrected chi connectivity index (χ0v) is 16.9. The Bertz CT molecular complexity index is 1000. The number of hydrogen-bond donors (Lipinski definition) is 2. The van der Waals surface area contributed by atoms with Gasteiger partial charge in [-0.05, 0) is 49.2 Å². The van der Waals surface area contributed by atoms with Crippen LogP contribution < -0.4 is 20.1 Å². The van der Waals surface area contributed by atoms with Crippen molar-refractivity contribution in [2.24, 2.45) is 0 Å². The van der Waals surface area contributed by atoms with Crippen LogP contribution in [0.25, 0.3) is 0 Å². The first-order valence-corrected chi connectivity index (χ1v) is 9.27. The summed E-state index contributed by atoms with van der Waals surface area (Å²) in [6.07, 6.45) is 0.948. The third-order valence-electron chi connectivity index (χ3n) is 4.36. The predicted octanol–water partition coefficient (Wildman–Crippen LogP) is 4.36. The zero-order valence-electron chi connectivity index (χ0n) is 16.9. The van der Waals surface area contributed by atoms with Crippen molar-refractivity contribution in [2.45, 2.75) is 20.3 Å². The van der Waals surface area contributed by atoms with Gasteiger partial charge in [-0.25, -0.2) is 9.97 Å². The van der Waals surface area contributed by atoms with Crippen LogP contribution in [0.1, 0.15) is 28.7 Å². The molecule has 0 atom stereocenters. The monoisotopic (exact) mass is 392 g/mol. The van der Waals surface area contributed by atoms with Crippen LogP contribution in [0.3, 0.4) is 0 Å². The number of nitrogens with one attached hydrogen (secondary N) is 2. The molecule has 0 saturated carbocycles. The van der Waals surface area contributed by atoms with Crippen LogP contribution in [0.2, 0.25) is 0 Å². The smallest absolute Gasteiger partial charge is 0.274 e. The number of methoxy groups -OCH3 is 2. The number of aromatic nitrogens is 2. The number of hydrogen-bond acceptors (Lipinski definition) is 6. The van der Waals surface area contributed by atoms with Gasteiger partial charge in [0.05, 0.1) is 19.9 Å². The number of benzene rings is 2. The van der Waals surface area contributed by atoms with Crippen LogP contribution in [0, 0.1) is 6.92 Å². The van der Waals surface area contributed by atoms with Crippen LogP contribution in [-0.2, 0) is 6.42 Å². The van der Waals surface area contributed by atoms with Crippen molar-refractivity contribution in [3.05, 3.63) is 65.5 Å². The van der Waals surface area contributed by atoms with E-state index in [2.05, 4.69) is 27.5 Å². The number of amides is 1. The highest BCUT2D eigenvalue weighted by Gasteiger charge is 2.13. The highest BCUT2D eigenvalue weighted by molar-refractivity contribution is 6.03. The van der Waals surface area contributed by atoms with Gasteiger partial charge in [-0.3, -0.25) is 4.79 Å². The standard InChI is InChI=1S/C22H24N4O3/c1-5-15-6-8-16(9-7-15)24-21(27)19-12-14(2)23-22(26-19)25-18-11-10-17(28-3)13-20(18)29-4/h6-13H,5H2,1-4H3,(H,24,27)(H,23,25,26). The fourth-order valence-electron chi connectivity index (χ4n) is 2.78. The third-order valence-corrected chi connectivity index (χ3v) is 4.36. The lowest BCUT2D eigenvalue weighted by atomic mass is 10.1. The van der Waals surface area contributed by atoms with Gasteiger partial charge < -0.3 is 20.1 Å². The van der Waals surface area contributed by atoms with E-state index >= 15 is 0 Å². The molecule has 3 aromatic rings. The van der Waals surface area contributed by atoms with Crippen molar-refractivity contribution in [3.63, 3.8) is 0 Å². The lowest BCUT2D eigenvalue weighted by Crippen LogP contribution is -2.15. The molecule has 0 aliphatic rings. The number of carbonyl (C=O) groups is 1. The van der Waals surface area contributed by atoms with Gasteiger partial charge >= 0.3 is 0 Å². The molecule has 3 rings (SSSR count). The van der Waals surface area contributed by atoms with Crippen molar-refractivity contribution < 1.29 is 14.3 Å². The number of rotatable bonds is 7. The first-order chi connectivity index (χ1) is 14.0. The van der Waals surface area contributed by atoms with Gasteiger partial charge in [-0.2, -0.15) is 0 Å². The van der Waals surface area contributed by atoms with Crippen LogP contribution in [0.5, 0.6) is 11.5 Å². The van der Waals surface area contributed by atoms with Crippen LogP contribution in [-0.4, -0.2) is 30.1 Å². The summed E-state index contributed by atoms with van der Waals surface area (Å²) in [6, 6.07) is 14.7. The number of carbonyl (C=O) groups excluding carboxylic acids is 1. The second-order valence-electron chi connectivity index (χ2n) is 6.41. The second kappa shape index (κ2) is 9.05. The molecule has 7 nitrogen and oxygen atoms in total. The van der Waals surface area contributed by atoms with Crippen LogP contribution in [0.4, 0.5) is 17.3 Å². The predicted molar refractivity (Wildman–Crippen MR) is 113 cm³/mol. The molecule has 0 spiro atoms. The van der Waals surface area contributed by atoms with E-state index in [0.29, 0.717) is 28.8 Å². The SMILES string of the molecule is CCc1ccc(NC(=O)c2cc(C)nc(Nc3ccc(OC)cc3OC)n2)cc1. The van der Waals surface area contributed by atoms with Crippen molar-refractivity contribution in [1.29, 1.82) is 0 Å². The van der Waals surface area contributed by atoms with Gasteiger partial charge in [-0.1, -0.05) is 19.1 Å². The molecule has 1 aromatic heterocycles. The maximum absolute atomic E-state index is 12.7. The average Bonchev–Trinajstić information content (AvgIpc) is 2.74. The Hall–Kier alpha value is -3.61. The minimum atomic E-state index is -0.301. The molecule has 1 heterocycles. The number of nitrogens with zero attached hydrogens (tertiary/aromatic N) is 2. The second-order valence-corrected chi connectivity index (χ2v) is 6.41. The summed E-state index contributed by atoms with van der Waals surface area (Å²) in [6.45, 7) is 3.90. The summed E-state index contributed by atoms with van der Waals surface area (Å²) in [4.78, 5) is 21.4. The molecule has 0 radical (unpaired) electrons. The van der Waals surface area contributed by atoms with E-state index in [4.69, 9.17) is 9.47 Å². The van der Waals surface area contributed by atoms with Crippen LogP contribution >= 0.6 is 0 Å². The highest BCUT2D eigenvalue weighted by atomic mass is 16.5. The number of anilines is 3. The van der Waals surface area contributed by atoms with E-state index in [9.17, 15) is 4.79 Å². The van der Waals surface area contributed by atoms with Crippen LogP contribution in [0.15, 0.2) is 48.5 Å². The lowest BCUT2D eigenvalue weighted by Gasteiger charge is -2.13. The van der Waals surface area contributed by atoms with E-state index < -0.39 is 0 Å². The Morgan fingerprint density at radius 2 is 1.76 bits per heavy atom. The average molecular weight is 392 g/mol. The largest absolute Gasteiger partial charge is 0.497 e. The van der Waals surface area contributed by atoms with Gasteiger partial charge in [0.2, 0.25) is 5.95 Å². The Morgan fingerprint density at radius 1 is 1.00 bits per heavy atom. The molecular formula is C22H24N4O3. The Labute approximate surface area is 170 Å². The van der Waals surface area contributed by atoms with Gasteiger partial charge in [0, 0.05) is 17.4 Å².